The number of hydrogen-bond donors (Lipinski definition) is 2. The Kier molecular flexibility index (Phi) is 7.24. The van der Waals surface area contributed by atoms with Crippen molar-refractivity contribution in [1.29, 1.82) is 0 Å². The van der Waals surface area contributed by atoms with Gasteiger partial charge in [0.1, 0.15) is 0 Å². The van der Waals surface area contributed by atoms with Crippen LogP contribution in [0, 0.1) is 5.92 Å². The largest absolute Gasteiger partial charge is 0.328 e. The first-order valence-corrected chi connectivity index (χ1v) is 7.44. The fraction of sp³-hybridized carbons (Fsp3) is 0.500. The Bertz CT molecular complexity index is 496. The third kappa shape index (κ3) is 5.31. The third-order valence-corrected chi connectivity index (χ3v) is 4.36. The minimum atomic E-state index is -0.0475. The number of rotatable bonds is 4. The smallest absolute Gasteiger partial charge is 0.238 e. The first kappa shape index (κ1) is 18.5. The quantitative estimate of drug-likeness (QED) is 0.875. The van der Waals surface area contributed by atoms with Gasteiger partial charge < -0.3 is 11.1 Å². The highest BCUT2D eigenvalue weighted by molar-refractivity contribution is 6.42. The van der Waals surface area contributed by atoms with Gasteiger partial charge in [-0.25, -0.2) is 0 Å². The Balaban J connectivity index is 0.00000220. The highest BCUT2D eigenvalue weighted by atomic mass is 35.5. The highest BCUT2D eigenvalue weighted by Crippen LogP contribution is 2.25. The molecule has 1 fully saturated rings. The summed E-state index contributed by atoms with van der Waals surface area (Å²) in [4.78, 5) is 14.1. The van der Waals surface area contributed by atoms with Crippen LogP contribution in [0.15, 0.2) is 18.2 Å². The van der Waals surface area contributed by atoms with Gasteiger partial charge in [-0.1, -0.05) is 23.2 Å². The Morgan fingerprint density at radius 2 is 2.19 bits per heavy atom. The molecule has 0 radical (unpaired) electrons. The first-order chi connectivity index (χ1) is 9.45. The molecule has 1 aliphatic heterocycles. The van der Waals surface area contributed by atoms with Crippen LogP contribution >= 0.6 is 35.6 Å². The van der Waals surface area contributed by atoms with Crippen molar-refractivity contribution in [2.45, 2.75) is 19.4 Å². The van der Waals surface area contributed by atoms with E-state index in [0.29, 0.717) is 28.2 Å². The van der Waals surface area contributed by atoms with Gasteiger partial charge in [-0.2, -0.15) is 0 Å². The lowest BCUT2D eigenvalue weighted by molar-refractivity contribution is -0.117. The van der Waals surface area contributed by atoms with Gasteiger partial charge in [0, 0.05) is 18.3 Å². The normalized spacial score (nSPS) is 19.9. The van der Waals surface area contributed by atoms with Crippen molar-refractivity contribution in [2.75, 3.05) is 25.0 Å². The molecule has 1 heterocycles. The van der Waals surface area contributed by atoms with Crippen molar-refractivity contribution in [3.63, 3.8) is 0 Å². The predicted molar refractivity (Wildman–Crippen MR) is 90.5 cm³/mol. The summed E-state index contributed by atoms with van der Waals surface area (Å²) in [6.07, 6.45) is 1.05. The van der Waals surface area contributed by atoms with E-state index in [4.69, 9.17) is 28.9 Å². The zero-order valence-electron chi connectivity index (χ0n) is 11.8. The van der Waals surface area contributed by atoms with Gasteiger partial charge in [-0.3, -0.25) is 9.69 Å². The molecule has 7 heteroatoms. The molecule has 1 amide bonds. The molecule has 1 aromatic rings. The molecule has 0 aliphatic carbocycles. The van der Waals surface area contributed by atoms with E-state index in [1.807, 2.05) is 6.92 Å². The summed E-state index contributed by atoms with van der Waals surface area (Å²) < 4.78 is 0. The zero-order valence-corrected chi connectivity index (χ0v) is 14.1. The molecule has 0 spiro atoms. The Morgan fingerprint density at radius 3 is 2.76 bits per heavy atom. The number of carbonyl (C=O) groups excluding carboxylic acids is 1. The fourth-order valence-electron chi connectivity index (χ4n) is 2.41. The van der Waals surface area contributed by atoms with Crippen LogP contribution in [-0.2, 0) is 4.79 Å². The summed E-state index contributed by atoms with van der Waals surface area (Å²) in [6, 6.07) is 5.23. The number of nitrogens with one attached hydrogen (secondary N) is 1. The molecule has 0 bridgehead atoms. The highest BCUT2D eigenvalue weighted by Gasteiger charge is 2.26. The maximum atomic E-state index is 12.0. The van der Waals surface area contributed by atoms with E-state index >= 15 is 0 Å². The summed E-state index contributed by atoms with van der Waals surface area (Å²) in [5, 5.41) is 3.73. The van der Waals surface area contributed by atoms with Crippen molar-refractivity contribution < 1.29 is 4.79 Å². The lowest BCUT2D eigenvalue weighted by Crippen LogP contribution is -2.34. The van der Waals surface area contributed by atoms with Crippen molar-refractivity contribution in [3.05, 3.63) is 28.2 Å². The Morgan fingerprint density at radius 1 is 1.48 bits per heavy atom. The summed E-state index contributed by atoms with van der Waals surface area (Å²) >= 11 is 11.7. The molecule has 0 saturated carbocycles. The summed E-state index contributed by atoms with van der Waals surface area (Å²) in [5.41, 5.74) is 6.55. The lowest BCUT2D eigenvalue weighted by Gasteiger charge is -2.17. The van der Waals surface area contributed by atoms with Crippen LogP contribution in [0.3, 0.4) is 0 Å². The standard InChI is InChI=1S/C14H19Cl2N3O.ClH/c1-9(17)10-4-5-19(7-10)8-14(20)18-11-2-3-12(15)13(16)6-11;/h2-3,6,9-10H,4-5,7-8,17H2,1H3,(H,18,20);1H. The lowest BCUT2D eigenvalue weighted by atomic mass is 10.0. The third-order valence-electron chi connectivity index (χ3n) is 3.62. The zero-order chi connectivity index (χ0) is 14.7. The fourth-order valence-corrected chi connectivity index (χ4v) is 2.71. The second-order valence-corrected chi connectivity index (χ2v) is 6.13. The number of halogens is 3. The molecule has 1 saturated heterocycles. The van der Waals surface area contributed by atoms with Crippen molar-refractivity contribution in [2.24, 2.45) is 11.7 Å². The van der Waals surface area contributed by atoms with E-state index in [1.54, 1.807) is 18.2 Å². The molecule has 2 unspecified atom stereocenters. The van der Waals surface area contributed by atoms with Crippen molar-refractivity contribution in [3.8, 4) is 0 Å². The molecule has 21 heavy (non-hydrogen) atoms. The van der Waals surface area contributed by atoms with Crippen LogP contribution in [0.5, 0.6) is 0 Å². The van der Waals surface area contributed by atoms with Crippen LogP contribution in [0.4, 0.5) is 5.69 Å². The molecule has 1 aliphatic rings. The molecule has 3 N–H and O–H groups in total. The number of benzene rings is 1. The van der Waals surface area contributed by atoms with Crippen LogP contribution in [0.2, 0.25) is 10.0 Å². The second-order valence-electron chi connectivity index (χ2n) is 5.32. The molecule has 118 valence electrons. The van der Waals surface area contributed by atoms with Crippen LogP contribution in [-0.4, -0.2) is 36.5 Å². The first-order valence-electron chi connectivity index (χ1n) is 6.68. The van der Waals surface area contributed by atoms with Gasteiger partial charge in [0.2, 0.25) is 5.91 Å². The minimum absolute atomic E-state index is 0. The monoisotopic (exact) mass is 351 g/mol. The Hall–Kier alpha value is -0.520. The molecular weight excluding hydrogens is 333 g/mol. The number of nitrogens with two attached hydrogens (primary N) is 1. The maximum Gasteiger partial charge on any atom is 0.238 e. The van der Waals surface area contributed by atoms with Gasteiger partial charge in [0.05, 0.1) is 16.6 Å². The summed E-state index contributed by atoms with van der Waals surface area (Å²) in [6.45, 7) is 4.20. The molecule has 0 aromatic heterocycles. The molecular formula is C14H20Cl3N3O. The van der Waals surface area contributed by atoms with E-state index in [0.717, 1.165) is 19.5 Å². The van der Waals surface area contributed by atoms with Crippen molar-refractivity contribution in [1.82, 2.24) is 4.90 Å². The molecule has 1 aromatic carbocycles. The SMILES string of the molecule is CC(N)C1CCN(CC(=O)Nc2ccc(Cl)c(Cl)c2)C1.Cl. The van der Waals surface area contributed by atoms with Gasteiger partial charge in [0.25, 0.3) is 0 Å². The Labute approximate surface area is 141 Å². The second kappa shape index (κ2) is 8.20. The number of likely N-dealkylation sites (tertiary alicyclic amines) is 1. The number of anilines is 1. The maximum absolute atomic E-state index is 12.0. The number of amides is 1. The van der Waals surface area contributed by atoms with E-state index in [2.05, 4.69) is 10.2 Å². The summed E-state index contributed by atoms with van der Waals surface area (Å²) in [5.74, 6) is 0.432. The topological polar surface area (TPSA) is 58.4 Å². The van der Waals surface area contributed by atoms with Crippen LogP contribution in [0.1, 0.15) is 13.3 Å². The van der Waals surface area contributed by atoms with Gasteiger partial charge >= 0.3 is 0 Å². The number of hydrogen-bond acceptors (Lipinski definition) is 3. The number of nitrogens with zero attached hydrogens (tertiary/aromatic N) is 1. The number of carbonyl (C=O) groups is 1. The van der Waals surface area contributed by atoms with Crippen molar-refractivity contribution >= 4 is 47.2 Å². The summed E-state index contributed by atoms with van der Waals surface area (Å²) in [7, 11) is 0. The van der Waals surface area contributed by atoms with Gasteiger partial charge in [0.15, 0.2) is 0 Å². The van der Waals surface area contributed by atoms with Crippen LogP contribution < -0.4 is 11.1 Å². The predicted octanol–water partition coefficient (Wildman–Crippen LogP) is 3.02. The van der Waals surface area contributed by atoms with Gasteiger partial charge in [-0.15, -0.1) is 12.4 Å². The molecule has 4 nitrogen and oxygen atoms in total. The average Bonchev–Trinajstić information content (AvgIpc) is 2.82. The van der Waals surface area contributed by atoms with E-state index in [1.165, 1.54) is 0 Å². The van der Waals surface area contributed by atoms with E-state index < -0.39 is 0 Å². The van der Waals surface area contributed by atoms with E-state index in [9.17, 15) is 4.79 Å². The molecule has 2 rings (SSSR count). The van der Waals surface area contributed by atoms with E-state index in [-0.39, 0.29) is 24.4 Å². The van der Waals surface area contributed by atoms with Crippen LogP contribution in [0.25, 0.3) is 0 Å². The minimum Gasteiger partial charge on any atom is -0.328 e. The average molecular weight is 353 g/mol. The van der Waals surface area contributed by atoms with Gasteiger partial charge in [-0.05, 0) is 44.0 Å². The molecule has 2 atom stereocenters.